The monoisotopic (exact) mass is 563 g/mol. The molecule has 11 nitrogen and oxygen atoms in total. The summed E-state index contributed by atoms with van der Waals surface area (Å²) in [5, 5.41) is 7.37. The van der Waals surface area contributed by atoms with Crippen molar-refractivity contribution in [1.29, 1.82) is 0 Å². The fraction of sp³-hybridized carbons (Fsp3) is 0.429. The van der Waals surface area contributed by atoms with Gasteiger partial charge in [0, 0.05) is 37.1 Å². The first-order valence-electron chi connectivity index (χ1n) is 13.6. The maximum Gasteiger partial charge on any atom is 0.261 e. The van der Waals surface area contributed by atoms with Crippen molar-refractivity contribution >= 4 is 32.7 Å². The molecule has 0 bridgehead atoms. The summed E-state index contributed by atoms with van der Waals surface area (Å²) in [5.41, 5.74) is 3.06. The Labute approximate surface area is 232 Å². The van der Waals surface area contributed by atoms with Gasteiger partial charge in [-0.1, -0.05) is 12.1 Å². The highest BCUT2D eigenvalue weighted by molar-refractivity contribution is 7.89. The highest BCUT2D eigenvalue weighted by Crippen LogP contribution is 2.32. The second kappa shape index (κ2) is 11.1. The third kappa shape index (κ3) is 5.79. The number of methoxy groups -OCH3 is 1. The van der Waals surface area contributed by atoms with Crippen LogP contribution in [-0.4, -0.2) is 64.5 Å². The zero-order chi connectivity index (χ0) is 27.7. The van der Waals surface area contributed by atoms with E-state index in [0.717, 1.165) is 42.0 Å². The molecule has 1 saturated heterocycles. The zero-order valence-corrected chi connectivity index (χ0v) is 23.2. The summed E-state index contributed by atoms with van der Waals surface area (Å²) in [6.45, 7) is 2.77. The lowest BCUT2D eigenvalue weighted by Gasteiger charge is -2.13. The number of nitrogens with zero attached hydrogens (tertiary/aromatic N) is 5. The van der Waals surface area contributed by atoms with E-state index in [1.807, 2.05) is 12.1 Å². The SMILES string of the molecule is COCCS(=O)(=O)n1cnc(-c2cc3cnc(Nc4ccc(CC5CCNC5)cc4)nc3n(CC3CC3)c2=O)c1. The molecule has 210 valence electrons. The van der Waals surface area contributed by atoms with E-state index in [9.17, 15) is 13.2 Å². The molecule has 2 N–H and O–H groups in total. The van der Waals surface area contributed by atoms with Crippen molar-refractivity contribution in [3.05, 3.63) is 65.0 Å². The number of nitrogens with one attached hydrogen (secondary N) is 2. The Kier molecular flexibility index (Phi) is 7.39. The minimum absolute atomic E-state index is 0.0655. The molecule has 1 atom stereocenters. The first-order chi connectivity index (χ1) is 19.4. The van der Waals surface area contributed by atoms with Crippen LogP contribution < -0.4 is 16.2 Å². The molecular formula is C28H33N7O4S. The number of fused-ring (bicyclic) bond motifs is 1. The van der Waals surface area contributed by atoms with Crippen molar-refractivity contribution in [3.8, 4) is 11.3 Å². The molecule has 4 aromatic rings. The third-order valence-corrected chi connectivity index (χ3v) is 9.09. The van der Waals surface area contributed by atoms with Gasteiger partial charge in [-0.15, -0.1) is 0 Å². The maximum absolute atomic E-state index is 13.7. The van der Waals surface area contributed by atoms with Gasteiger partial charge in [-0.05, 0) is 74.4 Å². The number of benzene rings is 1. The molecule has 40 heavy (non-hydrogen) atoms. The van der Waals surface area contributed by atoms with Gasteiger partial charge in [0.15, 0.2) is 0 Å². The largest absolute Gasteiger partial charge is 0.384 e. The number of hydrogen-bond acceptors (Lipinski definition) is 9. The molecule has 1 aliphatic carbocycles. The van der Waals surface area contributed by atoms with Crippen molar-refractivity contribution in [3.63, 3.8) is 0 Å². The van der Waals surface area contributed by atoms with Crippen LogP contribution >= 0.6 is 0 Å². The molecule has 0 radical (unpaired) electrons. The number of hydrogen-bond donors (Lipinski definition) is 2. The molecule has 12 heteroatoms. The third-order valence-electron chi connectivity index (χ3n) is 7.56. The lowest BCUT2D eigenvalue weighted by atomic mass is 9.99. The highest BCUT2D eigenvalue weighted by atomic mass is 32.2. The van der Waals surface area contributed by atoms with Crippen LogP contribution in [0.3, 0.4) is 0 Å². The summed E-state index contributed by atoms with van der Waals surface area (Å²) in [7, 11) is -2.20. The van der Waals surface area contributed by atoms with Crippen LogP contribution in [0.1, 0.15) is 24.8 Å². The highest BCUT2D eigenvalue weighted by Gasteiger charge is 2.25. The number of pyridine rings is 1. The van der Waals surface area contributed by atoms with Crippen LogP contribution in [-0.2, 0) is 27.7 Å². The fourth-order valence-electron chi connectivity index (χ4n) is 5.10. The van der Waals surface area contributed by atoms with Crippen LogP contribution in [0, 0.1) is 11.8 Å². The molecule has 4 heterocycles. The molecule has 1 unspecified atom stereocenters. The molecule has 1 saturated carbocycles. The smallest absolute Gasteiger partial charge is 0.261 e. The first kappa shape index (κ1) is 26.6. The topological polar surface area (TPSA) is 133 Å². The normalized spacial score (nSPS) is 17.5. The average Bonchev–Trinajstić information content (AvgIpc) is 3.38. The minimum atomic E-state index is -3.64. The zero-order valence-electron chi connectivity index (χ0n) is 22.4. The van der Waals surface area contributed by atoms with Gasteiger partial charge in [-0.3, -0.25) is 9.36 Å². The average molecular weight is 564 g/mol. The second-order valence-electron chi connectivity index (χ2n) is 10.7. The van der Waals surface area contributed by atoms with E-state index in [4.69, 9.17) is 9.72 Å². The molecule has 2 aliphatic rings. The van der Waals surface area contributed by atoms with E-state index in [1.54, 1.807) is 16.8 Å². The van der Waals surface area contributed by atoms with Gasteiger partial charge < -0.3 is 15.4 Å². The van der Waals surface area contributed by atoms with E-state index in [1.165, 1.54) is 31.6 Å². The van der Waals surface area contributed by atoms with E-state index in [-0.39, 0.29) is 23.6 Å². The molecule has 1 aliphatic heterocycles. The summed E-state index contributed by atoms with van der Waals surface area (Å²) in [5.74, 6) is 1.32. The van der Waals surface area contributed by atoms with Crippen LogP contribution in [0.5, 0.6) is 0 Å². The van der Waals surface area contributed by atoms with Gasteiger partial charge in [0.05, 0.1) is 23.6 Å². The van der Waals surface area contributed by atoms with Crippen molar-refractivity contribution in [2.45, 2.75) is 32.2 Å². The van der Waals surface area contributed by atoms with Gasteiger partial charge >= 0.3 is 0 Å². The molecule has 1 aromatic carbocycles. The summed E-state index contributed by atoms with van der Waals surface area (Å²) < 4.78 is 32.8. The lowest BCUT2D eigenvalue weighted by Crippen LogP contribution is -2.24. The number of imidazole rings is 1. The van der Waals surface area contributed by atoms with Gasteiger partial charge in [-0.2, -0.15) is 4.98 Å². The molecule has 2 fully saturated rings. The summed E-state index contributed by atoms with van der Waals surface area (Å²) >= 11 is 0. The molecular weight excluding hydrogens is 530 g/mol. The Hall–Kier alpha value is -3.61. The lowest BCUT2D eigenvalue weighted by molar-refractivity contribution is 0.217. The Morgan fingerprint density at radius 1 is 1.12 bits per heavy atom. The van der Waals surface area contributed by atoms with Crippen molar-refractivity contribution in [2.24, 2.45) is 11.8 Å². The van der Waals surface area contributed by atoms with Crippen LogP contribution in [0.4, 0.5) is 11.6 Å². The molecule has 0 spiro atoms. The van der Waals surface area contributed by atoms with Gasteiger partial charge in [-0.25, -0.2) is 22.4 Å². The Morgan fingerprint density at radius 3 is 2.67 bits per heavy atom. The predicted octanol–water partition coefficient (Wildman–Crippen LogP) is 2.78. The number of anilines is 2. The molecule has 0 amide bonds. The summed E-state index contributed by atoms with van der Waals surface area (Å²) in [4.78, 5) is 27.2. The quantitative estimate of drug-likeness (QED) is 0.283. The van der Waals surface area contributed by atoms with E-state index in [2.05, 4.69) is 32.7 Å². The van der Waals surface area contributed by atoms with Crippen molar-refractivity contribution < 1.29 is 13.2 Å². The van der Waals surface area contributed by atoms with Crippen LogP contribution in [0.15, 0.2) is 53.8 Å². The summed E-state index contributed by atoms with van der Waals surface area (Å²) in [6, 6.07) is 10.0. The number of rotatable bonds is 11. The predicted molar refractivity (Wildman–Crippen MR) is 153 cm³/mol. The van der Waals surface area contributed by atoms with Crippen LogP contribution in [0.2, 0.25) is 0 Å². The van der Waals surface area contributed by atoms with E-state index >= 15 is 0 Å². The summed E-state index contributed by atoms with van der Waals surface area (Å²) in [6.07, 6.45) is 8.67. The Bertz CT molecular complexity index is 1670. The van der Waals surface area contributed by atoms with Gasteiger partial charge in [0.2, 0.25) is 16.0 Å². The van der Waals surface area contributed by atoms with E-state index in [0.29, 0.717) is 40.9 Å². The maximum atomic E-state index is 13.7. The van der Waals surface area contributed by atoms with Gasteiger partial charge in [0.25, 0.3) is 5.56 Å². The van der Waals surface area contributed by atoms with Crippen molar-refractivity contribution in [1.82, 2.24) is 28.8 Å². The fourth-order valence-corrected chi connectivity index (χ4v) is 6.14. The minimum Gasteiger partial charge on any atom is -0.384 e. The molecule has 3 aromatic heterocycles. The Balaban J connectivity index is 1.29. The van der Waals surface area contributed by atoms with E-state index < -0.39 is 10.0 Å². The van der Waals surface area contributed by atoms with Crippen LogP contribution in [0.25, 0.3) is 22.3 Å². The number of aromatic nitrogens is 5. The number of ether oxygens (including phenoxy) is 1. The second-order valence-corrected chi connectivity index (χ2v) is 12.7. The first-order valence-corrected chi connectivity index (χ1v) is 15.2. The Morgan fingerprint density at radius 2 is 1.95 bits per heavy atom. The standard InChI is InChI=1S/C28H33N7O4S/c1-39-10-11-40(37,38)34-17-25(31-18-34)24-13-22-15-30-28(33-26(22)35(27(24)36)16-20-2-3-20)32-23-6-4-19(5-7-23)12-21-8-9-29-14-21/h4-7,13,15,17-18,20-21,29H,2-3,8-12,14,16H2,1H3,(H,30,32,33). The van der Waals surface area contributed by atoms with Crippen molar-refractivity contribution in [2.75, 3.05) is 37.9 Å². The molecule has 6 rings (SSSR count). The van der Waals surface area contributed by atoms with Gasteiger partial charge in [0.1, 0.15) is 12.0 Å².